The van der Waals surface area contributed by atoms with Crippen molar-refractivity contribution in [1.29, 1.82) is 0 Å². The third kappa shape index (κ3) is 5.18. The molecule has 1 atom stereocenters. The Morgan fingerprint density at radius 3 is 2.20 bits per heavy atom. The van der Waals surface area contributed by atoms with Gasteiger partial charge in [-0.1, -0.05) is 35.3 Å². The van der Waals surface area contributed by atoms with Crippen LogP contribution in [0.1, 0.15) is 42.1 Å². The zero-order chi connectivity index (χ0) is 22.2. The van der Waals surface area contributed by atoms with Gasteiger partial charge < -0.3 is 5.32 Å². The maximum Gasteiger partial charge on any atom is 0.451 e. The minimum atomic E-state index is -4.72. The van der Waals surface area contributed by atoms with Gasteiger partial charge in [0.1, 0.15) is 0 Å². The maximum atomic E-state index is 13.4. The van der Waals surface area contributed by atoms with Gasteiger partial charge >= 0.3 is 12.4 Å². The fourth-order valence-electron chi connectivity index (χ4n) is 3.30. The molecule has 0 saturated heterocycles. The number of aromatic nitrogens is 2. The Bertz CT molecular complexity index is 879. The van der Waals surface area contributed by atoms with E-state index in [1.807, 2.05) is 0 Å². The van der Waals surface area contributed by atoms with Crippen LogP contribution in [0.15, 0.2) is 30.6 Å². The SMILES string of the molecule is FC(F)(F)c1ncc(C(CNCc2cccc(Cl)c2Cl)CC2(C(F)(F)F)CC2)cn1. The molecule has 1 saturated carbocycles. The Hall–Kier alpha value is -1.58. The Balaban J connectivity index is 1.77. The first-order valence-electron chi connectivity index (χ1n) is 9.02. The van der Waals surface area contributed by atoms with Crippen LogP contribution in [0.2, 0.25) is 10.0 Å². The predicted octanol–water partition coefficient (Wildman–Crippen LogP) is 6.41. The minimum Gasteiger partial charge on any atom is -0.312 e. The highest BCUT2D eigenvalue weighted by atomic mass is 35.5. The van der Waals surface area contributed by atoms with Gasteiger partial charge in [-0.15, -0.1) is 0 Å². The first-order valence-corrected chi connectivity index (χ1v) is 9.78. The molecule has 1 aliphatic rings. The second-order valence-corrected chi connectivity index (χ2v) is 8.15. The second kappa shape index (κ2) is 8.51. The van der Waals surface area contributed by atoms with Crippen LogP contribution in [0.4, 0.5) is 26.3 Å². The van der Waals surface area contributed by atoms with Gasteiger partial charge in [-0.05, 0) is 36.5 Å². The van der Waals surface area contributed by atoms with Gasteiger partial charge in [0.05, 0.1) is 15.5 Å². The third-order valence-corrected chi connectivity index (χ3v) is 6.08. The van der Waals surface area contributed by atoms with E-state index in [2.05, 4.69) is 15.3 Å². The average Bonchev–Trinajstić information content (AvgIpc) is 3.45. The molecule has 164 valence electrons. The Morgan fingerprint density at radius 2 is 1.67 bits per heavy atom. The molecule has 30 heavy (non-hydrogen) atoms. The molecule has 1 unspecified atom stereocenters. The molecular weight excluding hydrogens is 455 g/mol. The van der Waals surface area contributed by atoms with Gasteiger partial charge in [-0.25, -0.2) is 9.97 Å². The van der Waals surface area contributed by atoms with E-state index < -0.39 is 29.5 Å². The van der Waals surface area contributed by atoms with Gasteiger partial charge in [-0.3, -0.25) is 0 Å². The summed E-state index contributed by atoms with van der Waals surface area (Å²) in [6, 6.07) is 5.01. The molecule has 11 heteroatoms. The van der Waals surface area contributed by atoms with E-state index in [4.69, 9.17) is 23.2 Å². The zero-order valence-corrected chi connectivity index (χ0v) is 16.9. The number of nitrogens with one attached hydrogen (secondary N) is 1. The van der Waals surface area contributed by atoms with Crippen LogP contribution in [0.5, 0.6) is 0 Å². The average molecular weight is 472 g/mol. The smallest absolute Gasteiger partial charge is 0.312 e. The number of hydrogen-bond acceptors (Lipinski definition) is 3. The zero-order valence-electron chi connectivity index (χ0n) is 15.4. The molecule has 1 N–H and O–H groups in total. The molecule has 1 aromatic carbocycles. The molecule has 1 aromatic heterocycles. The molecule has 3 rings (SSSR count). The van der Waals surface area contributed by atoms with Crippen molar-refractivity contribution >= 4 is 23.2 Å². The number of rotatable bonds is 7. The van der Waals surface area contributed by atoms with Crippen LogP contribution in [0, 0.1) is 5.41 Å². The fraction of sp³-hybridized carbons (Fsp3) is 0.474. The van der Waals surface area contributed by atoms with Crippen molar-refractivity contribution in [3.63, 3.8) is 0 Å². The number of benzene rings is 1. The topological polar surface area (TPSA) is 37.8 Å². The van der Waals surface area contributed by atoms with Crippen LogP contribution in [0.3, 0.4) is 0 Å². The monoisotopic (exact) mass is 471 g/mol. The van der Waals surface area contributed by atoms with Crippen molar-refractivity contribution in [2.45, 2.75) is 44.1 Å². The summed E-state index contributed by atoms with van der Waals surface area (Å²) in [6.45, 7) is 0.311. The lowest BCUT2D eigenvalue weighted by molar-refractivity contribution is -0.190. The molecule has 3 nitrogen and oxygen atoms in total. The lowest BCUT2D eigenvalue weighted by Crippen LogP contribution is -2.30. The lowest BCUT2D eigenvalue weighted by Gasteiger charge is -2.26. The molecule has 1 aliphatic carbocycles. The van der Waals surface area contributed by atoms with Gasteiger partial charge in [0.15, 0.2) is 0 Å². The predicted molar refractivity (Wildman–Crippen MR) is 100 cm³/mol. The van der Waals surface area contributed by atoms with Crippen LogP contribution in [-0.4, -0.2) is 22.7 Å². The largest absolute Gasteiger partial charge is 0.451 e. The van der Waals surface area contributed by atoms with Crippen molar-refractivity contribution < 1.29 is 26.3 Å². The van der Waals surface area contributed by atoms with Crippen LogP contribution in [0.25, 0.3) is 0 Å². The number of alkyl halides is 6. The summed E-state index contributed by atoms with van der Waals surface area (Å²) in [4.78, 5) is 6.58. The van der Waals surface area contributed by atoms with E-state index in [0.29, 0.717) is 15.6 Å². The molecule has 0 bridgehead atoms. The van der Waals surface area contributed by atoms with Crippen molar-refractivity contribution in [3.05, 3.63) is 57.6 Å². The van der Waals surface area contributed by atoms with Crippen molar-refractivity contribution in [3.8, 4) is 0 Å². The Labute approximate surface area is 178 Å². The normalized spacial score (nSPS) is 17.1. The van der Waals surface area contributed by atoms with Crippen LogP contribution < -0.4 is 5.32 Å². The summed E-state index contributed by atoms with van der Waals surface area (Å²) in [7, 11) is 0. The molecule has 1 heterocycles. The van der Waals surface area contributed by atoms with Gasteiger partial charge in [-0.2, -0.15) is 26.3 Å². The maximum absolute atomic E-state index is 13.4. The van der Waals surface area contributed by atoms with E-state index in [9.17, 15) is 26.3 Å². The van der Waals surface area contributed by atoms with Crippen LogP contribution in [-0.2, 0) is 12.7 Å². The van der Waals surface area contributed by atoms with Crippen LogP contribution >= 0.6 is 23.2 Å². The molecule has 0 amide bonds. The molecule has 1 fully saturated rings. The summed E-state index contributed by atoms with van der Waals surface area (Å²) in [5.74, 6) is -2.06. The first kappa shape index (κ1) is 23.1. The summed E-state index contributed by atoms with van der Waals surface area (Å²) >= 11 is 12.1. The fourth-order valence-corrected chi connectivity index (χ4v) is 3.68. The standard InChI is InChI=1S/C19H17Cl2F6N3/c20-14-3-1-2-11(15(14)21)7-28-8-12(6-17(4-5-17)19(25,26)27)13-9-29-16(30-10-13)18(22,23)24/h1-3,9-10,12,28H,4-8H2. The molecule has 0 aliphatic heterocycles. The van der Waals surface area contributed by atoms with E-state index in [1.54, 1.807) is 18.2 Å². The number of nitrogens with zero attached hydrogens (tertiary/aromatic N) is 2. The molecule has 0 radical (unpaired) electrons. The highest BCUT2D eigenvalue weighted by Gasteiger charge is 2.63. The Morgan fingerprint density at radius 1 is 1.03 bits per heavy atom. The number of hydrogen-bond donors (Lipinski definition) is 1. The molecular formula is C19H17Cl2F6N3. The second-order valence-electron chi connectivity index (χ2n) is 7.36. The summed E-state index contributed by atoms with van der Waals surface area (Å²) in [6.07, 6.45) is -7.49. The highest BCUT2D eigenvalue weighted by molar-refractivity contribution is 6.42. The lowest BCUT2D eigenvalue weighted by atomic mass is 9.87. The molecule has 0 spiro atoms. The third-order valence-electron chi connectivity index (χ3n) is 5.23. The minimum absolute atomic E-state index is 0.00534. The van der Waals surface area contributed by atoms with E-state index in [0.717, 1.165) is 12.4 Å². The van der Waals surface area contributed by atoms with E-state index in [1.165, 1.54) is 0 Å². The summed E-state index contributed by atoms with van der Waals surface area (Å²) in [5, 5.41) is 3.70. The molecule has 2 aromatic rings. The van der Waals surface area contributed by atoms with Gasteiger partial charge in [0.2, 0.25) is 5.82 Å². The van der Waals surface area contributed by atoms with Crippen molar-refractivity contribution in [1.82, 2.24) is 15.3 Å². The van der Waals surface area contributed by atoms with Crippen molar-refractivity contribution in [2.75, 3.05) is 6.54 Å². The van der Waals surface area contributed by atoms with E-state index >= 15 is 0 Å². The quantitative estimate of drug-likeness (QED) is 0.474. The van der Waals surface area contributed by atoms with E-state index in [-0.39, 0.29) is 37.9 Å². The van der Waals surface area contributed by atoms with Gasteiger partial charge in [0.25, 0.3) is 0 Å². The summed E-state index contributed by atoms with van der Waals surface area (Å²) in [5.41, 5.74) is -0.956. The first-order chi connectivity index (χ1) is 13.9. The summed E-state index contributed by atoms with van der Waals surface area (Å²) < 4.78 is 78.5. The number of halogens is 8. The Kier molecular flexibility index (Phi) is 6.55. The van der Waals surface area contributed by atoms with Gasteiger partial charge in [0, 0.05) is 31.4 Å². The van der Waals surface area contributed by atoms with Crippen molar-refractivity contribution in [2.24, 2.45) is 5.41 Å². The highest BCUT2D eigenvalue weighted by Crippen LogP contribution is 2.62.